The molecule has 0 amide bonds. The van der Waals surface area contributed by atoms with E-state index < -0.39 is 11.6 Å². The van der Waals surface area contributed by atoms with Gasteiger partial charge >= 0.3 is 0 Å². The number of aromatic nitrogens is 1. The lowest BCUT2D eigenvalue weighted by Crippen LogP contribution is -2.11. The van der Waals surface area contributed by atoms with Gasteiger partial charge in [-0.3, -0.25) is 0 Å². The maximum Gasteiger partial charge on any atom is 0.152 e. The van der Waals surface area contributed by atoms with Gasteiger partial charge in [-0.15, -0.1) is 0 Å². The molecule has 0 unspecified atom stereocenters. The Kier molecular flexibility index (Phi) is 5.22. The van der Waals surface area contributed by atoms with E-state index in [-0.39, 0.29) is 10.9 Å². The van der Waals surface area contributed by atoms with Gasteiger partial charge < -0.3 is 10.6 Å². The summed E-state index contributed by atoms with van der Waals surface area (Å²) >= 11 is 0. The number of allylic oxidation sites excluding steroid dienone is 1. The number of hydrogen-bond donors (Lipinski definition) is 2. The number of pyridine rings is 1. The second-order valence-corrected chi connectivity index (χ2v) is 6.79. The Labute approximate surface area is 141 Å². The number of nitrogens with zero attached hydrogens (tertiary/aromatic N) is 1. The van der Waals surface area contributed by atoms with Gasteiger partial charge in [0, 0.05) is 36.0 Å². The van der Waals surface area contributed by atoms with Gasteiger partial charge in [-0.1, -0.05) is 26.8 Å². The first-order valence-corrected chi connectivity index (χ1v) is 7.80. The van der Waals surface area contributed by atoms with Gasteiger partial charge in [0.25, 0.3) is 0 Å². The molecule has 24 heavy (non-hydrogen) atoms. The zero-order chi connectivity index (χ0) is 17.9. The molecule has 0 spiro atoms. The molecule has 0 saturated heterocycles. The number of benzene rings is 1. The van der Waals surface area contributed by atoms with Crippen LogP contribution < -0.4 is 10.6 Å². The molecule has 1 aromatic heterocycles. The minimum absolute atomic E-state index is 0.0200. The van der Waals surface area contributed by atoms with Crippen LogP contribution in [0.5, 0.6) is 0 Å². The third kappa shape index (κ3) is 4.31. The van der Waals surface area contributed by atoms with Gasteiger partial charge in [-0.2, -0.15) is 0 Å². The molecule has 2 rings (SSSR count). The summed E-state index contributed by atoms with van der Waals surface area (Å²) in [5.74, 6) is -1.29. The Hall–Kier alpha value is -2.43. The fourth-order valence-corrected chi connectivity index (χ4v) is 2.33. The van der Waals surface area contributed by atoms with Gasteiger partial charge in [0.2, 0.25) is 0 Å². The van der Waals surface area contributed by atoms with Crippen LogP contribution in [0.15, 0.2) is 36.7 Å². The molecule has 0 radical (unpaired) electrons. The number of halogens is 2. The van der Waals surface area contributed by atoms with Crippen LogP contribution in [0.4, 0.5) is 8.78 Å². The number of nitrogens with one attached hydrogen (secondary N) is 2. The Bertz CT molecular complexity index is 802. The van der Waals surface area contributed by atoms with Gasteiger partial charge in [0.15, 0.2) is 5.82 Å². The van der Waals surface area contributed by atoms with E-state index >= 15 is 0 Å². The van der Waals surface area contributed by atoms with Crippen LogP contribution >= 0.6 is 0 Å². The normalized spacial score (nSPS) is 12.9. The standard InChI is InChI=1S/C19H23F2N3/c1-12-8-14(15-9-13(20)10-16(21)18(15)24-12)17(11-22-5)23-7-6-19(2,3)4/h6-11,22-23H,1-5H3/b7-6-,17-11-. The highest BCUT2D eigenvalue weighted by atomic mass is 19.1. The third-order valence-electron chi connectivity index (χ3n) is 3.36. The summed E-state index contributed by atoms with van der Waals surface area (Å²) in [6.45, 7) is 8.05. The molecule has 0 saturated carbocycles. The van der Waals surface area contributed by atoms with Crippen LogP contribution in [0, 0.1) is 24.0 Å². The summed E-state index contributed by atoms with van der Waals surface area (Å²) in [5, 5.41) is 6.59. The molecule has 1 aromatic carbocycles. The van der Waals surface area contributed by atoms with Crippen molar-refractivity contribution in [2.24, 2.45) is 5.41 Å². The van der Waals surface area contributed by atoms with Crippen molar-refractivity contribution in [3.63, 3.8) is 0 Å². The first kappa shape index (κ1) is 17.9. The van der Waals surface area contributed by atoms with E-state index in [0.717, 1.165) is 6.07 Å². The van der Waals surface area contributed by atoms with Crippen molar-refractivity contribution in [3.05, 3.63) is 59.6 Å². The Morgan fingerprint density at radius 2 is 1.88 bits per heavy atom. The maximum absolute atomic E-state index is 14.1. The van der Waals surface area contributed by atoms with Crippen molar-refractivity contribution in [2.75, 3.05) is 7.05 Å². The molecule has 0 atom stereocenters. The first-order chi connectivity index (χ1) is 11.2. The van der Waals surface area contributed by atoms with Crippen molar-refractivity contribution in [3.8, 4) is 0 Å². The van der Waals surface area contributed by atoms with E-state index in [1.165, 1.54) is 6.07 Å². The minimum atomic E-state index is -0.663. The molecule has 3 nitrogen and oxygen atoms in total. The quantitative estimate of drug-likeness (QED) is 0.867. The van der Waals surface area contributed by atoms with Gasteiger partial charge in [-0.25, -0.2) is 13.8 Å². The lowest BCUT2D eigenvalue weighted by molar-refractivity contribution is 0.542. The van der Waals surface area contributed by atoms with Gasteiger partial charge in [0.05, 0.1) is 5.70 Å². The summed E-state index contributed by atoms with van der Waals surface area (Å²) in [7, 11) is 1.77. The van der Waals surface area contributed by atoms with Crippen molar-refractivity contribution in [1.82, 2.24) is 15.6 Å². The summed E-state index contributed by atoms with van der Waals surface area (Å²) < 4.78 is 27.8. The van der Waals surface area contributed by atoms with Crippen LogP contribution in [0.25, 0.3) is 16.6 Å². The highest BCUT2D eigenvalue weighted by Gasteiger charge is 2.13. The van der Waals surface area contributed by atoms with Crippen molar-refractivity contribution in [1.29, 1.82) is 0 Å². The Morgan fingerprint density at radius 1 is 1.17 bits per heavy atom. The predicted octanol–water partition coefficient (Wildman–Crippen LogP) is 4.49. The van der Waals surface area contributed by atoms with Crippen molar-refractivity contribution < 1.29 is 8.78 Å². The highest BCUT2D eigenvalue weighted by Crippen LogP contribution is 2.26. The average molecular weight is 331 g/mol. The predicted molar refractivity (Wildman–Crippen MR) is 95.2 cm³/mol. The van der Waals surface area contributed by atoms with Gasteiger partial charge in [-0.05, 0) is 30.7 Å². The lowest BCUT2D eigenvalue weighted by Gasteiger charge is -2.15. The summed E-state index contributed by atoms with van der Waals surface area (Å²) in [5.41, 5.74) is 2.23. The summed E-state index contributed by atoms with van der Waals surface area (Å²) in [6.07, 6.45) is 5.61. The van der Waals surface area contributed by atoms with E-state index in [1.54, 1.807) is 20.2 Å². The number of aryl methyl sites for hydroxylation is 1. The van der Waals surface area contributed by atoms with Crippen molar-refractivity contribution in [2.45, 2.75) is 27.7 Å². The van der Waals surface area contributed by atoms with Gasteiger partial charge in [0.1, 0.15) is 11.3 Å². The number of fused-ring (bicyclic) bond motifs is 1. The molecule has 0 bridgehead atoms. The Morgan fingerprint density at radius 3 is 2.50 bits per heavy atom. The van der Waals surface area contributed by atoms with Crippen LogP contribution in [0.1, 0.15) is 32.0 Å². The van der Waals surface area contributed by atoms with E-state index in [2.05, 4.69) is 36.4 Å². The van der Waals surface area contributed by atoms with Crippen LogP contribution in [-0.2, 0) is 0 Å². The second-order valence-electron chi connectivity index (χ2n) is 6.79. The monoisotopic (exact) mass is 331 g/mol. The molecular formula is C19H23F2N3. The first-order valence-electron chi connectivity index (χ1n) is 7.80. The fraction of sp³-hybridized carbons (Fsp3) is 0.316. The van der Waals surface area contributed by atoms with Crippen molar-refractivity contribution >= 4 is 16.6 Å². The van der Waals surface area contributed by atoms with Crippen LogP contribution in [0.2, 0.25) is 0 Å². The van der Waals surface area contributed by atoms with E-state index in [0.29, 0.717) is 22.3 Å². The molecule has 0 aliphatic carbocycles. The minimum Gasteiger partial charge on any atom is -0.392 e. The molecule has 128 valence electrons. The lowest BCUT2D eigenvalue weighted by atomic mass is 9.97. The summed E-state index contributed by atoms with van der Waals surface area (Å²) in [4.78, 5) is 4.20. The molecule has 1 heterocycles. The molecule has 0 aliphatic rings. The average Bonchev–Trinajstić information content (AvgIpc) is 2.45. The molecular weight excluding hydrogens is 308 g/mol. The molecule has 5 heteroatoms. The molecule has 2 N–H and O–H groups in total. The molecule has 2 aromatic rings. The van der Waals surface area contributed by atoms with E-state index in [1.807, 2.05) is 18.3 Å². The van der Waals surface area contributed by atoms with Crippen LogP contribution in [-0.4, -0.2) is 12.0 Å². The SMILES string of the molecule is CN/C=C(\N/C=C\C(C)(C)C)c1cc(C)nc2c(F)cc(F)cc12. The molecule has 0 fully saturated rings. The highest BCUT2D eigenvalue weighted by molar-refractivity contribution is 5.92. The fourth-order valence-electron chi connectivity index (χ4n) is 2.33. The third-order valence-corrected chi connectivity index (χ3v) is 3.36. The number of rotatable bonds is 4. The maximum atomic E-state index is 14.1. The largest absolute Gasteiger partial charge is 0.392 e. The topological polar surface area (TPSA) is 37.0 Å². The Balaban J connectivity index is 2.58. The van der Waals surface area contributed by atoms with E-state index in [9.17, 15) is 8.78 Å². The number of hydrogen-bond acceptors (Lipinski definition) is 3. The van der Waals surface area contributed by atoms with E-state index in [4.69, 9.17) is 0 Å². The zero-order valence-corrected chi connectivity index (χ0v) is 14.7. The molecule has 0 aliphatic heterocycles. The van der Waals surface area contributed by atoms with Crippen LogP contribution in [0.3, 0.4) is 0 Å². The summed E-state index contributed by atoms with van der Waals surface area (Å²) in [6, 6.07) is 3.97. The zero-order valence-electron chi connectivity index (χ0n) is 14.7. The second kappa shape index (κ2) is 6.99. The smallest absolute Gasteiger partial charge is 0.152 e.